The van der Waals surface area contributed by atoms with Crippen LogP contribution >= 0.6 is 15.9 Å². The summed E-state index contributed by atoms with van der Waals surface area (Å²) in [4.78, 5) is 11.1. The van der Waals surface area contributed by atoms with E-state index in [0.29, 0.717) is 28.1 Å². The Balaban J connectivity index is 2.88. The minimum atomic E-state index is -0.467. The molecule has 1 aromatic carbocycles. The van der Waals surface area contributed by atoms with Crippen molar-refractivity contribution in [1.82, 2.24) is 5.43 Å². The lowest BCUT2D eigenvalue weighted by molar-refractivity contribution is -0.120. The van der Waals surface area contributed by atoms with Gasteiger partial charge in [-0.3, -0.25) is 4.79 Å². The summed E-state index contributed by atoms with van der Waals surface area (Å²) in [6, 6.07) is 5.21. The third kappa shape index (κ3) is 5.28. The number of hydrogen-bond acceptors (Lipinski definition) is 5. The van der Waals surface area contributed by atoms with E-state index < -0.39 is 5.91 Å². The SMILES string of the molecule is C=CCOc1c(Br)cc(/C=N/NC(=O)CC#N)cc1OC. The minimum absolute atomic E-state index is 0.237. The van der Waals surface area contributed by atoms with Gasteiger partial charge < -0.3 is 9.47 Å². The van der Waals surface area contributed by atoms with Crippen LogP contribution in [0.2, 0.25) is 0 Å². The van der Waals surface area contributed by atoms with Gasteiger partial charge in [0.15, 0.2) is 11.5 Å². The van der Waals surface area contributed by atoms with Crippen molar-refractivity contribution >= 4 is 28.1 Å². The Morgan fingerprint density at radius 2 is 2.38 bits per heavy atom. The predicted octanol–water partition coefficient (Wildman–Crippen LogP) is 2.39. The van der Waals surface area contributed by atoms with Crippen LogP contribution < -0.4 is 14.9 Å². The van der Waals surface area contributed by atoms with Crippen LogP contribution in [0.5, 0.6) is 11.5 Å². The van der Waals surface area contributed by atoms with Crippen molar-refractivity contribution in [2.24, 2.45) is 5.10 Å². The van der Waals surface area contributed by atoms with Gasteiger partial charge in [0.1, 0.15) is 13.0 Å². The zero-order valence-corrected chi connectivity index (χ0v) is 13.0. The summed E-state index contributed by atoms with van der Waals surface area (Å²) >= 11 is 3.38. The molecule has 0 saturated carbocycles. The van der Waals surface area contributed by atoms with Crippen LogP contribution in [-0.4, -0.2) is 25.8 Å². The molecule has 1 N–H and O–H groups in total. The molecule has 0 aliphatic rings. The molecule has 21 heavy (non-hydrogen) atoms. The summed E-state index contributed by atoms with van der Waals surface area (Å²) in [7, 11) is 1.53. The topological polar surface area (TPSA) is 83.7 Å². The van der Waals surface area contributed by atoms with Gasteiger partial charge in [-0.1, -0.05) is 12.7 Å². The van der Waals surface area contributed by atoms with Crippen LogP contribution in [0.3, 0.4) is 0 Å². The molecule has 0 atom stereocenters. The van der Waals surface area contributed by atoms with Crippen LogP contribution in [-0.2, 0) is 4.79 Å². The number of carbonyl (C=O) groups excluding carboxylic acids is 1. The van der Waals surface area contributed by atoms with Crippen molar-refractivity contribution in [3.05, 3.63) is 34.8 Å². The predicted molar refractivity (Wildman–Crippen MR) is 82.4 cm³/mol. The van der Waals surface area contributed by atoms with E-state index in [9.17, 15) is 4.79 Å². The van der Waals surface area contributed by atoms with Crippen molar-refractivity contribution in [3.8, 4) is 17.6 Å². The highest BCUT2D eigenvalue weighted by atomic mass is 79.9. The highest BCUT2D eigenvalue weighted by Crippen LogP contribution is 2.36. The first kappa shape index (κ1) is 16.7. The molecule has 0 saturated heterocycles. The number of hydrogen-bond donors (Lipinski definition) is 1. The molecule has 1 aromatic rings. The van der Waals surface area contributed by atoms with E-state index in [0.717, 1.165) is 0 Å². The summed E-state index contributed by atoms with van der Waals surface area (Å²) < 4.78 is 11.4. The van der Waals surface area contributed by atoms with Gasteiger partial charge in [0.05, 0.1) is 23.9 Å². The molecule has 0 heterocycles. The second-order valence-electron chi connectivity index (χ2n) is 3.76. The monoisotopic (exact) mass is 351 g/mol. The van der Waals surface area contributed by atoms with Crippen molar-refractivity contribution in [2.45, 2.75) is 6.42 Å². The number of benzene rings is 1. The fourth-order valence-electron chi connectivity index (χ4n) is 1.39. The molecule has 1 rings (SSSR count). The van der Waals surface area contributed by atoms with Crippen molar-refractivity contribution < 1.29 is 14.3 Å². The summed E-state index contributed by atoms with van der Waals surface area (Å²) in [5.74, 6) is 0.616. The normalized spacial score (nSPS) is 9.95. The van der Waals surface area contributed by atoms with Gasteiger partial charge in [-0.25, -0.2) is 5.43 Å². The molecule has 0 aromatic heterocycles. The van der Waals surface area contributed by atoms with Crippen LogP contribution in [0, 0.1) is 11.3 Å². The highest BCUT2D eigenvalue weighted by Gasteiger charge is 2.10. The van der Waals surface area contributed by atoms with Gasteiger partial charge in [0, 0.05) is 0 Å². The number of carbonyl (C=O) groups is 1. The van der Waals surface area contributed by atoms with E-state index in [-0.39, 0.29) is 6.42 Å². The molecule has 0 unspecified atom stereocenters. The Hall–Kier alpha value is -2.33. The lowest BCUT2D eigenvalue weighted by Gasteiger charge is -2.12. The van der Waals surface area contributed by atoms with Gasteiger partial charge >= 0.3 is 0 Å². The lowest BCUT2D eigenvalue weighted by Crippen LogP contribution is -2.16. The Morgan fingerprint density at radius 3 is 3.00 bits per heavy atom. The van der Waals surface area contributed by atoms with E-state index in [1.54, 1.807) is 24.3 Å². The summed E-state index contributed by atoms with van der Waals surface area (Å²) in [6.45, 7) is 3.94. The highest BCUT2D eigenvalue weighted by molar-refractivity contribution is 9.10. The molecule has 0 aliphatic heterocycles. The molecule has 0 aliphatic carbocycles. The Labute approximate surface area is 131 Å². The second kappa shape index (κ2) is 8.76. The zero-order chi connectivity index (χ0) is 15.7. The number of rotatable bonds is 7. The first-order valence-electron chi connectivity index (χ1n) is 5.92. The van der Waals surface area contributed by atoms with Crippen LogP contribution in [0.1, 0.15) is 12.0 Å². The molecule has 1 amide bonds. The molecule has 110 valence electrons. The fourth-order valence-corrected chi connectivity index (χ4v) is 1.96. The van der Waals surface area contributed by atoms with Gasteiger partial charge in [-0.2, -0.15) is 10.4 Å². The van der Waals surface area contributed by atoms with Gasteiger partial charge in [0.25, 0.3) is 5.91 Å². The molecular formula is C14H14BrN3O3. The maximum absolute atomic E-state index is 11.1. The summed E-state index contributed by atoms with van der Waals surface area (Å²) in [6.07, 6.45) is 2.84. The molecule has 0 spiro atoms. The van der Waals surface area contributed by atoms with E-state index in [1.165, 1.54) is 13.3 Å². The zero-order valence-electron chi connectivity index (χ0n) is 11.4. The molecule has 0 fully saturated rings. The Bertz CT molecular complexity index is 594. The molecule has 0 bridgehead atoms. The van der Waals surface area contributed by atoms with E-state index >= 15 is 0 Å². The largest absolute Gasteiger partial charge is 0.493 e. The van der Waals surface area contributed by atoms with Gasteiger partial charge in [-0.05, 0) is 33.6 Å². The molecule has 7 heteroatoms. The van der Waals surface area contributed by atoms with Gasteiger partial charge in [0.2, 0.25) is 0 Å². The third-order valence-electron chi connectivity index (χ3n) is 2.24. The maximum Gasteiger partial charge on any atom is 0.254 e. The van der Waals surface area contributed by atoms with Gasteiger partial charge in [-0.15, -0.1) is 0 Å². The first-order valence-corrected chi connectivity index (χ1v) is 6.71. The third-order valence-corrected chi connectivity index (χ3v) is 2.83. The van der Waals surface area contributed by atoms with Crippen LogP contribution in [0.15, 0.2) is 34.4 Å². The maximum atomic E-state index is 11.1. The number of nitrogens with one attached hydrogen (secondary N) is 1. The quantitative estimate of drug-likeness (QED) is 0.464. The number of amides is 1. The van der Waals surface area contributed by atoms with Crippen molar-refractivity contribution in [3.63, 3.8) is 0 Å². The number of ether oxygens (including phenoxy) is 2. The number of nitrogens with zero attached hydrogens (tertiary/aromatic N) is 2. The van der Waals surface area contributed by atoms with Crippen LogP contribution in [0.4, 0.5) is 0 Å². The van der Waals surface area contributed by atoms with Crippen molar-refractivity contribution in [2.75, 3.05) is 13.7 Å². The number of methoxy groups -OCH3 is 1. The Kier molecular flexibility index (Phi) is 6.98. The number of halogens is 1. The fraction of sp³-hybridized carbons (Fsp3) is 0.214. The average molecular weight is 352 g/mol. The molecular weight excluding hydrogens is 338 g/mol. The van der Waals surface area contributed by atoms with E-state index in [1.807, 2.05) is 0 Å². The van der Waals surface area contributed by atoms with E-state index in [2.05, 4.69) is 33.0 Å². The summed E-state index contributed by atoms with van der Waals surface area (Å²) in [5.41, 5.74) is 2.94. The average Bonchev–Trinajstić information content (AvgIpc) is 2.46. The lowest BCUT2D eigenvalue weighted by atomic mass is 10.2. The minimum Gasteiger partial charge on any atom is -0.493 e. The molecule has 0 radical (unpaired) electrons. The first-order chi connectivity index (χ1) is 10.1. The van der Waals surface area contributed by atoms with E-state index in [4.69, 9.17) is 14.7 Å². The second-order valence-corrected chi connectivity index (χ2v) is 4.62. The van der Waals surface area contributed by atoms with Crippen LogP contribution in [0.25, 0.3) is 0 Å². The van der Waals surface area contributed by atoms with Crippen molar-refractivity contribution in [1.29, 1.82) is 5.26 Å². The number of nitriles is 1. The summed E-state index contributed by atoms with van der Waals surface area (Å²) in [5, 5.41) is 12.1. The number of hydrazone groups is 1. The standard InChI is InChI=1S/C14H14BrN3O3/c1-3-6-21-14-11(15)7-10(8-12(14)20-2)9-17-18-13(19)4-5-16/h3,7-9H,1,4,6H2,2H3,(H,18,19)/b17-9+. The Morgan fingerprint density at radius 1 is 1.62 bits per heavy atom. The molecule has 6 nitrogen and oxygen atoms in total. The smallest absolute Gasteiger partial charge is 0.254 e.